The molecule has 1 aromatic heterocycles. The summed E-state index contributed by atoms with van der Waals surface area (Å²) in [7, 11) is 1.57. The van der Waals surface area contributed by atoms with Gasteiger partial charge in [0.15, 0.2) is 5.69 Å². The number of imidazole rings is 1. The predicted molar refractivity (Wildman–Crippen MR) is 79.7 cm³/mol. The van der Waals surface area contributed by atoms with Crippen molar-refractivity contribution >= 4 is 23.4 Å². The molecular formula is C14H16ClN3O3. The third kappa shape index (κ3) is 3.11. The molecule has 1 aromatic carbocycles. The number of hydrogen-bond acceptors (Lipinski definition) is 5. The first-order chi connectivity index (χ1) is 10.1. The molecule has 7 heteroatoms. The highest BCUT2D eigenvalue weighted by atomic mass is 35.5. The van der Waals surface area contributed by atoms with Gasteiger partial charge in [-0.1, -0.05) is 17.7 Å². The van der Waals surface area contributed by atoms with E-state index in [0.29, 0.717) is 17.3 Å². The minimum Gasteiger partial charge on any atom is -0.496 e. The second-order valence-corrected chi connectivity index (χ2v) is 4.65. The van der Waals surface area contributed by atoms with Gasteiger partial charge in [0.25, 0.3) is 0 Å². The molecule has 0 saturated heterocycles. The largest absolute Gasteiger partial charge is 0.496 e. The molecule has 0 amide bonds. The van der Waals surface area contributed by atoms with Gasteiger partial charge >= 0.3 is 5.97 Å². The highest BCUT2D eigenvalue weighted by Gasteiger charge is 2.18. The Morgan fingerprint density at radius 2 is 2.24 bits per heavy atom. The van der Waals surface area contributed by atoms with Gasteiger partial charge < -0.3 is 19.8 Å². The number of hydrogen-bond donors (Lipinski definition) is 1. The van der Waals surface area contributed by atoms with Gasteiger partial charge in [0.2, 0.25) is 0 Å². The van der Waals surface area contributed by atoms with Crippen molar-refractivity contribution in [1.29, 1.82) is 0 Å². The molecule has 0 unspecified atom stereocenters. The Morgan fingerprint density at radius 3 is 2.90 bits per heavy atom. The third-order valence-electron chi connectivity index (χ3n) is 2.97. The van der Waals surface area contributed by atoms with Crippen molar-refractivity contribution in [3.63, 3.8) is 0 Å². The normalized spacial score (nSPS) is 10.4. The zero-order valence-electron chi connectivity index (χ0n) is 11.8. The number of anilines is 1. The Morgan fingerprint density at radius 1 is 1.48 bits per heavy atom. The van der Waals surface area contributed by atoms with E-state index in [0.717, 1.165) is 5.56 Å². The van der Waals surface area contributed by atoms with Gasteiger partial charge in [-0.25, -0.2) is 9.78 Å². The van der Waals surface area contributed by atoms with E-state index in [-0.39, 0.29) is 18.1 Å². The van der Waals surface area contributed by atoms with Crippen molar-refractivity contribution in [1.82, 2.24) is 9.55 Å². The first kappa shape index (κ1) is 15.2. The van der Waals surface area contributed by atoms with Gasteiger partial charge in [-0.2, -0.15) is 0 Å². The van der Waals surface area contributed by atoms with Crippen molar-refractivity contribution in [3.8, 4) is 5.75 Å². The minimum absolute atomic E-state index is 0.0999. The number of nitrogens with two attached hydrogens (primary N) is 1. The summed E-state index contributed by atoms with van der Waals surface area (Å²) < 4.78 is 11.8. The number of rotatable bonds is 5. The number of carbonyl (C=O) groups excluding carboxylic acids is 1. The molecule has 2 N–H and O–H groups in total. The summed E-state index contributed by atoms with van der Waals surface area (Å²) in [4.78, 5) is 15.7. The summed E-state index contributed by atoms with van der Waals surface area (Å²) in [6, 6.07) is 5.37. The van der Waals surface area contributed by atoms with E-state index >= 15 is 0 Å². The number of ether oxygens (including phenoxy) is 2. The van der Waals surface area contributed by atoms with Crippen LogP contribution in [0.1, 0.15) is 23.0 Å². The molecule has 112 valence electrons. The summed E-state index contributed by atoms with van der Waals surface area (Å²) >= 11 is 6.18. The number of halogens is 1. The van der Waals surface area contributed by atoms with Crippen LogP contribution in [0.5, 0.6) is 5.75 Å². The van der Waals surface area contributed by atoms with E-state index in [4.69, 9.17) is 26.8 Å². The fraction of sp³-hybridized carbons (Fsp3) is 0.286. The first-order valence-electron chi connectivity index (χ1n) is 6.37. The monoisotopic (exact) mass is 309 g/mol. The molecule has 0 aliphatic carbocycles. The SMILES string of the molecule is CCOC(=O)c1ncn(Cc2c(Cl)cccc2OC)c1N. The highest BCUT2D eigenvalue weighted by Crippen LogP contribution is 2.28. The molecule has 0 spiro atoms. The molecule has 0 saturated carbocycles. The van der Waals surface area contributed by atoms with Gasteiger partial charge in [-0.15, -0.1) is 0 Å². The van der Waals surface area contributed by atoms with Crippen LogP contribution >= 0.6 is 11.6 Å². The van der Waals surface area contributed by atoms with Crippen molar-refractivity contribution < 1.29 is 14.3 Å². The average molecular weight is 310 g/mol. The zero-order valence-corrected chi connectivity index (χ0v) is 12.6. The smallest absolute Gasteiger partial charge is 0.360 e. The van der Waals surface area contributed by atoms with Crippen LogP contribution in [-0.2, 0) is 11.3 Å². The Labute approximate surface area is 127 Å². The number of benzene rings is 1. The van der Waals surface area contributed by atoms with Crippen molar-refractivity contribution in [3.05, 3.63) is 40.8 Å². The van der Waals surface area contributed by atoms with E-state index in [1.54, 1.807) is 36.8 Å². The van der Waals surface area contributed by atoms with Crippen molar-refractivity contribution in [2.45, 2.75) is 13.5 Å². The Hall–Kier alpha value is -2.21. The lowest BCUT2D eigenvalue weighted by Crippen LogP contribution is -2.11. The van der Waals surface area contributed by atoms with Crippen molar-refractivity contribution in [2.75, 3.05) is 19.5 Å². The summed E-state index contributed by atoms with van der Waals surface area (Å²) in [5.41, 5.74) is 6.80. The fourth-order valence-corrected chi connectivity index (χ4v) is 2.15. The molecule has 0 fully saturated rings. The molecule has 0 aliphatic rings. The standard InChI is InChI=1S/C14H16ClN3O3/c1-3-21-14(19)12-13(16)18(8-17-12)7-9-10(15)5-4-6-11(9)20-2/h4-6,8H,3,7,16H2,1-2H3. The molecule has 0 atom stereocenters. The molecule has 0 aliphatic heterocycles. The van der Waals surface area contributed by atoms with Crippen LogP contribution in [0.15, 0.2) is 24.5 Å². The number of esters is 1. The summed E-state index contributed by atoms with van der Waals surface area (Å²) in [6.45, 7) is 2.34. The number of nitrogens with zero attached hydrogens (tertiary/aromatic N) is 2. The number of methoxy groups -OCH3 is 1. The average Bonchev–Trinajstić information content (AvgIpc) is 2.82. The fourth-order valence-electron chi connectivity index (χ4n) is 1.93. The van der Waals surface area contributed by atoms with Gasteiger partial charge in [0.05, 0.1) is 26.6 Å². The lowest BCUT2D eigenvalue weighted by molar-refractivity contribution is 0.0521. The van der Waals surface area contributed by atoms with Gasteiger partial charge in [0, 0.05) is 10.6 Å². The molecule has 0 bridgehead atoms. The molecule has 21 heavy (non-hydrogen) atoms. The minimum atomic E-state index is -0.542. The molecule has 1 heterocycles. The lowest BCUT2D eigenvalue weighted by Gasteiger charge is -2.12. The maximum Gasteiger partial charge on any atom is 0.360 e. The van der Waals surface area contributed by atoms with Crippen LogP contribution < -0.4 is 10.5 Å². The number of nitrogen functional groups attached to an aromatic ring is 1. The Bertz CT molecular complexity index is 655. The van der Waals surface area contributed by atoms with Gasteiger partial charge in [0.1, 0.15) is 11.6 Å². The maximum absolute atomic E-state index is 11.7. The van der Waals surface area contributed by atoms with E-state index < -0.39 is 5.97 Å². The van der Waals surface area contributed by atoms with Crippen molar-refractivity contribution in [2.24, 2.45) is 0 Å². The molecule has 6 nitrogen and oxygen atoms in total. The topological polar surface area (TPSA) is 79.4 Å². The van der Waals surface area contributed by atoms with Crippen LogP contribution in [0, 0.1) is 0 Å². The summed E-state index contributed by atoms with van der Waals surface area (Å²) in [5.74, 6) is 0.337. The van der Waals surface area contributed by atoms with Crippen LogP contribution in [0.3, 0.4) is 0 Å². The zero-order chi connectivity index (χ0) is 15.4. The molecule has 2 rings (SSSR count). The Kier molecular flexibility index (Phi) is 4.70. The van der Waals surface area contributed by atoms with E-state index in [1.165, 1.54) is 6.33 Å². The second kappa shape index (κ2) is 6.49. The second-order valence-electron chi connectivity index (χ2n) is 4.25. The lowest BCUT2D eigenvalue weighted by atomic mass is 10.2. The van der Waals surface area contributed by atoms with E-state index in [1.807, 2.05) is 0 Å². The van der Waals surface area contributed by atoms with Crippen LogP contribution in [0.2, 0.25) is 5.02 Å². The number of carbonyl (C=O) groups is 1. The highest BCUT2D eigenvalue weighted by molar-refractivity contribution is 6.31. The van der Waals surface area contributed by atoms with E-state index in [9.17, 15) is 4.79 Å². The maximum atomic E-state index is 11.7. The molecular weight excluding hydrogens is 294 g/mol. The number of aromatic nitrogens is 2. The van der Waals surface area contributed by atoms with Gasteiger partial charge in [-0.05, 0) is 19.1 Å². The summed E-state index contributed by atoms with van der Waals surface area (Å²) in [5, 5.41) is 0.556. The Balaban J connectivity index is 2.31. The van der Waals surface area contributed by atoms with E-state index in [2.05, 4.69) is 4.98 Å². The van der Waals surface area contributed by atoms with Crippen LogP contribution in [0.25, 0.3) is 0 Å². The predicted octanol–water partition coefficient (Wildman–Crippen LogP) is 2.35. The molecule has 2 aromatic rings. The summed E-state index contributed by atoms with van der Waals surface area (Å²) in [6.07, 6.45) is 1.48. The third-order valence-corrected chi connectivity index (χ3v) is 3.33. The van der Waals surface area contributed by atoms with Crippen LogP contribution in [0.4, 0.5) is 5.82 Å². The van der Waals surface area contributed by atoms with Crippen LogP contribution in [-0.4, -0.2) is 29.2 Å². The first-order valence-corrected chi connectivity index (χ1v) is 6.75. The molecule has 0 radical (unpaired) electrons. The quantitative estimate of drug-likeness (QED) is 0.858. The van der Waals surface area contributed by atoms with Gasteiger partial charge in [-0.3, -0.25) is 0 Å².